The minimum absolute atomic E-state index is 0.174. The van der Waals surface area contributed by atoms with Crippen molar-refractivity contribution in [1.29, 1.82) is 0 Å². The largest absolute Gasteiger partial charge is 0.493 e. The number of rotatable bonds is 6. The van der Waals surface area contributed by atoms with Crippen LogP contribution in [0, 0.1) is 5.92 Å². The first-order chi connectivity index (χ1) is 16.5. The van der Waals surface area contributed by atoms with Gasteiger partial charge >= 0.3 is 5.97 Å². The molecule has 10 nitrogen and oxygen atoms in total. The van der Waals surface area contributed by atoms with Crippen LogP contribution in [-0.4, -0.2) is 74.7 Å². The van der Waals surface area contributed by atoms with Gasteiger partial charge in [-0.1, -0.05) is 12.1 Å². The maximum absolute atomic E-state index is 13.1. The molecule has 1 amide bonds. The maximum atomic E-state index is 13.1. The fourth-order valence-electron chi connectivity index (χ4n) is 4.19. The van der Waals surface area contributed by atoms with Crippen molar-refractivity contribution in [3.8, 4) is 11.5 Å². The van der Waals surface area contributed by atoms with E-state index < -0.39 is 23.8 Å². The normalized spacial score (nSPS) is 20.3. The van der Waals surface area contributed by atoms with Gasteiger partial charge in [0.25, 0.3) is 0 Å². The molecule has 0 aliphatic carbocycles. The Hall–Kier alpha value is -3.82. The number of methoxy groups -OCH3 is 2. The second-order valence-corrected chi connectivity index (χ2v) is 7.89. The third-order valence-electron chi connectivity index (χ3n) is 5.94. The van der Waals surface area contributed by atoms with E-state index >= 15 is 0 Å². The van der Waals surface area contributed by atoms with E-state index in [1.165, 1.54) is 7.11 Å². The van der Waals surface area contributed by atoms with Crippen LogP contribution in [0.3, 0.4) is 0 Å². The molecule has 1 fully saturated rings. The van der Waals surface area contributed by atoms with Crippen molar-refractivity contribution in [2.75, 3.05) is 51.9 Å². The summed E-state index contributed by atoms with van der Waals surface area (Å²) < 4.78 is 15.9. The van der Waals surface area contributed by atoms with Crippen molar-refractivity contribution in [2.45, 2.75) is 13.0 Å². The Morgan fingerprint density at radius 3 is 2.44 bits per heavy atom. The first kappa shape index (κ1) is 23.3. The van der Waals surface area contributed by atoms with E-state index in [9.17, 15) is 9.59 Å². The fraction of sp³-hybridized carbons (Fsp3) is 0.417. The summed E-state index contributed by atoms with van der Waals surface area (Å²) in [5.41, 5.74) is 0.662. The number of aliphatic imine (C=N–C) groups is 1. The molecule has 2 unspecified atom stereocenters. The van der Waals surface area contributed by atoms with Crippen LogP contribution < -0.4 is 19.7 Å². The highest BCUT2D eigenvalue weighted by atomic mass is 16.5. The molecule has 2 aliphatic rings. The van der Waals surface area contributed by atoms with Crippen molar-refractivity contribution in [3.05, 3.63) is 48.2 Å². The summed E-state index contributed by atoms with van der Waals surface area (Å²) in [6, 6.07) is 10.3. The summed E-state index contributed by atoms with van der Waals surface area (Å²) in [4.78, 5) is 39.3. The van der Waals surface area contributed by atoms with E-state index in [2.05, 4.69) is 15.2 Å². The SMILES string of the molecule is CCOC(=O)C1C(=O)NC(N2CCN(c3ccccn3)CC2)=NC1c1ccc(OC)c(OC)c1. The van der Waals surface area contributed by atoms with Gasteiger partial charge in [-0.25, -0.2) is 9.98 Å². The van der Waals surface area contributed by atoms with Gasteiger partial charge in [-0.15, -0.1) is 0 Å². The van der Waals surface area contributed by atoms with Crippen molar-refractivity contribution < 1.29 is 23.8 Å². The van der Waals surface area contributed by atoms with E-state index in [1.54, 1.807) is 38.4 Å². The van der Waals surface area contributed by atoms with Crippen LogP contribution >= 0.6 is 0 Å². The summed E-state index contributed by atoms with van der Waals surface area (Å²) in [5, 5.41) is 2.83. The number of piperazine rings is 1. The molecule has 34 heavy (non-hydrogen) atoms. The second kappa shape index (κ2) is 10.4. The van der Waals surface area contributed by atoms with Crippen LogP contribution in [0.2, 0.25) is 0 Å². The highest BCUT2D eigenvalue weighted by Crippen LogP contribution is 2.36. The summed E-state index contributed by atoms with van der Waals surface area (Å²) in [7, 11) is 3.09. The van der Waals surface area contributed by atoms with Crippen LogP contribution in [0.1, 0.15) is 18.5 Å². The Labute approximate surface area is 198 Å². The summed E-state index contributed by atoms with van der Waals surface area (Å²) in [5.74, 6) is 0.270. The molecule has 10 heteroatoms. The van der Waals surface area contributed by atoms with Gasteiger partial charge < -0.3 is 24.0 Å². The Morgan fingerprint density at radius 2 is 1.79 bits per heavy atom. The number of pyridine rings is 1. The van der Waals surface area contributed by atoms with Crippen molar-refractivity contribution in [2.24, 2.45) is 10.9 Å². The predicted molar refractivity (Wildman–Crippen MR) is 126 cm³/mol. The van der Waals surface area contributed by atoms with Gasteiger partial charge in [0, 0.05) is 32.4 Å². The topological polar surface area (TPSA) is 106 Å². The second-order valence-electron chi connectivity index (χ2n) is 7.89. The molecule has 1 saturated heterocycles. The number of carbonyl (C=O) groups excluding carboxylic acids is 2. The number of anilines is 1. The molecule has 0 saturated carbocycles. The summed E-state index contributed by atoms with van der Waals surface area (Å²) in [6.07, 6.45) is 1.77. The van der Waals surface area contributed by atoms with Gasteiger partial charge in [0.1, 0.15) is 11.9 Å². The third kappa shape index (κ3) is 4.75. The number of ether oxygens (including phenoxy) is 3. The van der Waals surface area contributed by atoms with E-state index in [4.69, 9.17) is 19.2 Å². The van der Waals surface area contributed by atoms with Gasteiger partial charge in [0.2, 0.25) is 11.9 Å². The molecule has 0 radical (unpaired) electrons. The molecular formula is C24H29N5O5. The molecule has 2 aromatic rings. The van der Waals surface area contributed by atoms with Gasteiger partial charge in [-0.3, -0.25) is 14.9 Å². The number of guanidine groups is 1. The zero-order valence-corrected chi connectivity index (χ0v) is 19.6. The molecule has 4 rings (SSSR count). The zero-order valence-electron chi connectivity index (χ0n) is 19.6. The molecule has 2 atom stereocenters. The summed E-state index contributed by atoms with van der Waals surface area (Å²) >= 11 is 0. The van der Waals surface area contributed by atoms with Crippen LogP contribution in [0.15, 0.2) is 47.6 Å². The van der Waals surface area contributed by atoms with Crippen LogP contribution in [0.25, 0.3) is 0 Å². The quantitative estimate of drug-likeness (QED) is 0.505. The van der Waals surface area contributed by atoms with Crippen molar-refractivity contribution in [3.63, 3.8) is 0 Å². The lowest BCUT2D eigenvalue weighted by Gasteiger charge is -2.39. The number of nitrogens with zero attached hydrogens (tertiary/aromatic N) is 4. The number of amides is 1. The molecule has 1 N–H and O–H groups in total. The maximum Gasteiger partial charge on any atom is 0.321 e. The van der Waals surface area contributed by atoms with Crippen LogP contribution in [-0.2, 0) is 14.3 Å². The number of aromatic nitrogens is 1. The van der Waals surface area contributed by atoms with Crippen LogP contribution in [0.4, 0.5) is 5.82 Å². The summed E-state index contributed by atoms with van der Waals surface area (Å²) in [6.45, 7) is 4.65. The standard InChI is InChI=1S/C24H29N5O5/c1-4-34-23(31)20-21(16-8-9-17(32-2)18(15-16)33-3)26-24(27-22(20)30)29-13-11-28(12-14-29)19-7-5-6-10-25-19/h5-10,15,20-21H,4,11-14H2,1-3H3,(H,26,27,30). The molecule has 1 aromatic heterocycles. The van der Waals surface area contributed by atoms with Crippen LogP contribution in [0.5, 0.6) is 11.5 Å². The molecule has 1 aromatic carbocycles. The molecule has 2 aliphatic heterocycles. The third-order valence-corrected chi connectivity index (χ3v) is 5.94. The van der Waals surface area contributed by atoms with E-state index in [0.717, 1.165) is 18.9 Å². The highest BCUT2D eigenvalue weighted by Gasteiger charge is 2.42. The predicted octanol–water partition coefficient (Wildman–Crippen LogP) is 1.63. The number of hydrogen-bond donors (Lipinski definition) is 1. The number of hydrogen-bond acceptors (Lipinski definition) is 9. The van der Waals surface area contributed by atoms with E-state index in [-0.39, 0.29) is 6.61 Å². The van der Waals surface area contributed by atoms with E-state index in [1.807, 2.05) is 23.1 Å². The minimum atomic E-state index is -1.10. The Kier molecular flexibility index (Phi) is 7.15. The lowest BCUT2D eigenvalue weighted by molar-refractivity contribution is -0.153. The van der Waals surface area contributed by atoms with Crippen molar-refractivity contribution >= 4 is 23.7 Å². The van der Waals surface area contributed by atoms with Gasteiger partial charge in [0.15, 0.2) is 17.4 Å². The lowest BCUT2D eigenvalue weighted by Crippen LogP contribution is -2.57. The molecule has 180 valence electrons. The lowest BCUT2D eigenvalue weighted by atomic mass is 9.91. The minimum Gasteiger partial charge on any atom is -0.493 e. The number of esters is 1. The number of nitrogens with one attached hydrogen (secondary N) is 1. The van der Waals surface area contributed by atoms with Gasteiger partial charge in [-0.2, -0.15) is 0 Å². The van der Waals surface area contributed by atoms with Crippen molar-refractivity contribution in [1.82, 2.24) is 15.2 Å². The average Bonchev–Trinajstić information content (AvgIpc) is 2.88. The van der Waals surface area contributed by atoms with Gasteiger partial charge in [0.05, 0.1) is 20.8 Å². The monoisotopic (exact) mass is 467 g/mol. The average molecular weight is 468 g/mol. The number of benzene rings is 1. The molecule has 3 heterocycles. The first-order valence-electron chi connectivity index (χ1n) is 11.2. The van der Waals surface area contributed by atoms with Gasteiger partial charge in [-0.05, 0) is 36.8 Å². The molecular weight excluding hydrogens is 438 g/mol. The number of carbonyl (C=O) groups is 2. The molecule has 0 bridgehead atoms. The molecule has 0 spiro atoms. The Morgan fingerprint density at radius 1 is 1.06 bits per heavy atom. The van der Waals surface area contributed by atoms with E-state index in [0.29, 0.717) is 36.1 Å². The zero-order chi connectivity index (χ0) is 24.1. The smallest absolute Gasteiger partial charge is 0.321 e. The first-order valence-corrected chi connectivity index (χ1v) is 11.2. The highest BCUT2D eigenvalue weighted by molar-refractivity contribution is 6.08. The Balaban J connectivity index is 1.61. The Bertz CT molecular complexity index is 1050. The fourth-order valence-corrected chi connectivity index (χ4v) is 4.19.